The first kappa shape index (κ1) is 11.6. The molecule has 1 aromatic heterocycles. The van der Waals surface area contributed by atoms with Gasteiger partial charge in [-0.3, -0.25) is 5.41 Å². The summed E-state index contributed by atoms with van der Waals surface area (Å²) in [6.07, 6.45) is 1.55. The van der Waals surface area contributed by atoms with Crippen LogP contribution in [0.4, 0.5) is 4.39 Å². The topological polar surface area (TPSA) is 62.8 Å². The van der Waals surface area contributed by atoms with Crippen LogP contribution in [0.3, 0.4) is 0 Å². The molecule has 0 aliphatic rings. The fraction of sp³-hybridized carbons (Fsp3) is 0. The van der Waals surface area contributed by atoms with Crippen LogP contribution in [0.1, 0.15) is 5.56 Å². The number of hydrogen-bond donors (Lipinski definition) is 2. The van der Waals surface area contributed by atoms with Crippen LogP contribution in [-0.2, 0) is 0 Å². The molecule has 1 aromatic carbocycles. The second-order valence-electron chi connectivity index (χ2n) is 3.35. The monoisotopic (exact) mass is 247 g/mol. The van der Waals surface area contributed by atoms with E-state index < -0.39 is 0 Å². The number of nitrogen functional groups attached to an aromatic ring is 1. The Labute approximate surface area is 102 Å². The summed E-state index contributed by atoms with van der Waals surface area (Å²) in [6, 6.07) is 9.73. The number of hydrogen-bond acceptors (Lipinski definition) is 3. The van der Waals surface area contributed by atoms with E-state index in [1.807, 2.05) is 0 Å². The minimum atomic E-state index is -0.255. The van der Waals surface area contributed by atoms with Gasteiger partial charge in [-0.15, -0.1) is 0 Å². The minimum absolute atomic E-state index is 0.00386. The van der Waals surface area contributed by atoms with Gasteiger partial charge in [-0.2, -0.15) is 0 Å². The standard InChI is InChI=1S/C12H10FN3S/c13-9-2-4-10(5-3-9)17-11-6-1-8(7-16-11)12(14)15/h1-7H,(H3,14,15). The SMILES string of the molecule is N=C(N)c1ccc(Sc2ccc(F)cc2)nc1. The Kier molecular flexibility index (Phi) is 3.39. The van der Waals surface area contributed by atoms with Gasteiger partial charge >= 0.3 is 0 Å². The molecule has 2 aromatic rings. The van der Waals surface area contributed by atoms with Crippen LogP contribution < -0.4 is 5.73 Å². The Morgan fingerprint density at radius 1 is 1.18 bits per heavy atom. The Morgan fingerprint density at radius 2 is 1.88 bits per heavy atom. The Balaban J connectivity index is 2.13. The first-order valence-electron chi connectivity index (χ1n) is 4.89. The van der Waals surface area contributed by atoms with Gasteiger partial charge in [0.2, 0.25) is 0 Å². The highest BCUT2D eigenvalue weighted by molar-refractivity contribution is 7.99. The van der Waals surface area contributed by atoms with Gasteiger partial charge in [0.05, 0.1) is 0 Å². The fourth-order valence-electron chi connectivity index (χ4n) is 1.22. The van der Waals surface area contributed by atoms with Crippen molar-refractivity contribution < 1.29 is 4.39 Å². The average molecular weight is 247 g/mol. The number of halogens is 1. The molecular formula is C12H10FN3S. The van der Waals surface area contributed by atoms with Gasteiger partial charge in [-0.05, 0) is 36.4 Å². The van der Waals surface area contributed by atoms with Crippen molar-refractivity contribution in [3.05, 3.63) is 54.0 Å². The Hall–Kier alpha value is -1.88. The third kappa shape index (κ3) is 3.04. The van der Waals surface area contributed by atoms with Crippen LogP contribution in [0, 0.1) is 11.2 Å². The number of amidine groups is 1. The van der Waals surface area contributed by atoms with Crippen molar-refractivity contribution in [1.82, 2.24) is 4.98 Å². The lowest BCUT2D eigenvalue weighted by atomic mass is 10.3. The van der Waals surface area contributed by atoms with Crippen molar-refractivity contribution in [2.75, 3.05) is 0 Å². The summed E-state index contributed by atoms with van der Waals surface area (Å²) < 4.78 is 12.7. The molecule has 3 N–H and O–H groups in total. The highest BCUT2D eigenvalue weighted by atomic mass is 32.2. The van der Waals surface area contributed by atoms with Gasteiger partial charge in [0.15, 0.2) is 0 Å². The molecule has 0 unspecified atom stereocenters. The maximum Gasteiger partial charge on any atom is 0.124 e. The summed E-state index contributed by atoms with van der Waals surface area (Å²) in [7, 11) is 0. The number of nitrogens with two attached hydrogens (primary N) is 1. The smallest absolute Gasteiger partial charge is 0.124 e. The van der Waals surface area contributed by atoms with E-state index in [-0.39, 0.29) is 11.7 Å². The van der Waals surface area contributed by atoms with Gasteiger partial charge in [-0.1, -0.05) is 11.8 Å². The number of rotatable bonds is 3. The van der Waals surface area contributed by atoms with E-state index in [2.05, 4.69) is 4.98 Å². The number of aromatic nitrogens is 1. The van der Waals surface area contributed by atoms with Crippen LogP contribution in [0.5, 0.6) is 0 Å². The summed E-state index contributed by atoms with van der Waals surface area (Å²) in [5, 5.41) is 8.02. The quantitative estimate of drug-likeness (QED) is 0.647. The molecule has 2 rings (SSSR count). The van der Waals surface area contributed by atoms with Crippen LogP contribution >= 0.6 is 11.8 Å². The molecule has 3 nitrogen and oxygen atoms in total. The average Bonchev–Trinajstić information content (AvgIpc) is 2.33. The molecule has 1 heterocycles. The summed E-state index contributed by atoms with van der Waals surface area (Å²) in [4.78, 5) is 5.08. The number of nitrogens with one attached hydrogen (secondary N) is 1. The van der Waals surface area contributed by atoms with Crippen molar-refractivity contribution in [3.8, 4) is 0 Å². The van der Waals surface area contributed by atoms with E-state index in [1.54, 1.807) is 30.5 Å². The van der Waals surface area contributed by atoms with Crippen molar-refractivity contribution in [1.29, 1.82) is 5.41 Å². The number of pyridine rings is 1. The van der Waals surface area contributed by atoms with Crippen LogP contribution in [0.2, 0.25) is 0 Å². The molecule has 17 heavy (non-hydrogen) atoms. The highest BCUT2D eigenvalue weighted by Crippen LogP contribution is 2.25. The molecule has 0 amide bonds. The van der Waals surface area contributed by atoms with Gasteiger partial charge < -0.3 is 5.73 Å². The molecule has 5 heteroatoms. The van der Waals surface area contributed by atoms with E-state index in [4.69, 9.17) is 11.1 Å². The lowest BCUT2D eigenvalue weighted by molar-refractivity contribution is 0.626. The van der Waals surface area contributed by atoms with Crippen molar-refractivity contribution >= 4 is 17.6 Å². The largest absolute Gasteiger partial charge is 0.384 e. The molecule has 0 saturated carbocycles. The normalized spacial score (nSPS) is 10.2. The van der Waals surface area contributed by atoms with E-state index in [9.17, 15) is 4.39 Å². The molecular weight excluding hydrogens is 237 g/mol. The van der Waals surface area contributed by atoms with E-state index in [1.165, 1.54) is 23.9 Å². The fourth-order valence-corrected chi connectivity index (χ4v) is 1.98. The van der Waals surface area contributed by atoms with Crippen molar-refractivity contribution in [2.45, 2.75) is 9.92 Å². The van der Waals surface area contributed by atoms with Gasteiger partial charge in [0, 0.05) is 16.7 Å². The van der Waals surface area contributed by atoms with Gasteiger partial charge in [-0.25, -0.2) is 9.37 Å². The zero-order chi connectivity index (χ0) is 12.3. The molecule has 0 spiro atoms. The number of nitrogens with zero attached hydrogens (tertiary/aromatic N) is 1. The van der Waals surface area contributed by atoms with Crippen molar-refractivity contribution in [3.63, 3.8) is 0 Å². The first-order chi connectivity index (χ1) is 8.15. The molecule has 0 aliphatic carbocycles. The molecule has 86 valence electrons. The highest BCUT2D eigenvalue weighted by Gasteiger charge is 2.01. The molecule has 0 radical (unpaired) electrons. The second-order valence-corrected chi connectivity index (χ2v) is 4.45. The molecule has 0 bridgehead atoms. The maximum absolute atomic E-state index is 12.7. The third-order valence-electron chi connectivity index (χ3n) is 2.08. The van der Waals surface area contributed by atoms with Crippen molar-refractivity contribution in [2.24, 2.45) is 5.73 Å². The number of benzene rings is 1. The first-order valence-corrected chi connectivity index (χ1v) is 5.70. The predicted octanol–water partition coefficient (Wildman–Crippen LogP) is 2.66. The Bertz CT molecular complexity index is 522. The van der Waals surface area contributed by atoms with Gasteiger partial charge in [0.1, 0.15) is 16.7 Å². The summed E-state index contributed by atoms with van der Waals surface area (Å²) >= 11 is 1.43. The van der Waals surface area contributed by atoms with Crippen LogP contribution in [0.15, 0.2) is 52.5 Å². The van der Waals surface area contributed by atoms with E-state index in [0.29, 0.717) is 5.56 Å². The zero-order valence-electron chi connectivity index (χ0n) is 8.85. The molecule has 0 saturated heterocycles. The lowest BCUT2D eigenvalue weighted by Gasteiger charge is -2.02. The summed E-state index contributed by atoms with van der Waals surface area (Å²) in [6.45, 7) is 0. The maximum atomic E-state index is 12.7. The van der Waals surface area contributed by atoms with Crippen LogP contribution in [0.25, 0.3) is 0 Å². The van der Waals surface area contributed by atoms with E-state index in [0.717, 1.165) is 9.92 Å². The molecule has 0 atom stereocenters. The van der Waals surface area contributed by atoms with Gasteiger partial charge in [0.25, 0.3) is 0 Å². The summed E-state index contributed by atoms with van der Waals surface area (Å²) in [5.74, 6) is -0.259. The minimum Gasteiger partial charge on any atom is -0.384 e. The zero-order valence-corrected chi connectivity index (χ0v) is 9.67. The van der Waals surface area contributed by atoms with Crippen LogP contribution in [-0.4, -0.2) is 10.8 Å². The predicted molar refractivity (Wildman–Crippen MR) is 65.8 cm³/mol. The third-order valence-corrected chi connectivity index (χ3v) is 3.04. The summed E-state index contributed by atoms with van der Waals surface area (Å²) in [5.41, 5.74) is 5.92. The second kappa shape index (κ2) is 4.97. The molecule has 0 fully saturated rings. The molecule has 0 aliphatic heterocycles. The van der Waals surface area contributed by atoms with E-state index >= 15 is 0 Å². The lowest BCUT2D eigenvalue weighted by Crippen LogP contribution is -2.10. The Morgan fingerprint density at radius 3 is 2.41 bits per heavy atom.